The Hall–Kier alpha value is -1.46. The van der Waals surface area contributed by atoms with Crippen molar-refractivity contribution in [2.24, 2.45) is 0 Å². The molecule has 1 heterocycles. The maximum absolute atomic E-state index is 12.1. The highest BCUT2D eigenvalue weighted by atomic mass is 35.5. The Morgan fingerprint density at radius 2 is 1.84 bits per heavy atom. The fourth-order valence-corrected chi connectivity index (χ4v) is 2.83. The Bertz CT molecular complexity index is 591. The Labute approximate surface area is 155 Å². The largest absolute Gasteiger partial charge is 0.489 e. The molecule has 5 nitrogen and oxygen atoms in total. The van der Waals surface area contributed by atoms with Gasteiger partial charge in [0, 0.05) is 32.7 Å². The van der Waals surface area contributed by atoms with Gasteiger partial charge in [0.2, 0.25) is 0 Å². The molecule has 0 spiro atoms. The fourth-order valence-electron chi connectivity index (χ4n) is 2.66. The molecule has 0 aliphatic carbocycles. The lowest BCUT2D eigenvalue weighted by Gasteiger charge is -2.35. The zero-order chi connectivity index (χ0) is 18.6. The highest BCUT2D eigenvalue weighted by Crippen LogP contribution is 2.27. The zero-order valence-corrected chi connectivity index (χ0v) is 16.6. The van der Waals surface area contributed by atoms with E-state index in [9.17, 15) is 4.79 Å². The second-order valence-corrected chi connectivity index (χ2v) is 8.08. The van der Waals surface area contributed by atoms with Crippen molar-refractivity contribution in [1.82, 2.24) is 9.80 Å². The number of halogens is 1. The third-order valence-corrected chi connectivity index (χ3v) is 4.10. The van der Waals surface area contributed by atoms with Gasteiger partial charge in [-0.05, 0) is 52.3 Å². The van der Waals surface area contributed by atoms with Crippen molar-refractivity contribution < 1.29 is 14.3 Å². The predicted octanol–water partition coefficient (Wildman–Crippen LogP) is 4.18. The van der Waals surface area contributed by atoms with Gasteiger partial charge in [0.15, 0.2) is 0 Å². The molecular formula is C19H29ClN2O3. The normalized spacial score (nSPS) is 16.2. The molecule has 1 aliphatic rings. The summed E-state index contributed by atoms with van der Waals surface area (Å²) in [4.78, 5) is 16.2. The Kier molecular flexibility index (Phi) is 6.58. The highest BCUT2D eigenvalue weighted by Gasteiger charge is 2.25. The van der Waals surface area contributed by atoms with E-state index in [0.717, 1.165) is 30.9 Å². The number of hydrogen-bond acceptors (Lipinski definition) is 4. The summed E-state index contributed by atoms with van der Waals surface area (Å²) in [6.45, 7) is 13.4. The van der Waals surface area contributed by atoms with Crippen molar-refractivity contribution in [3.63, 3.8) is 0 Å². The van der Waals surface area contributed by atoms with E-state index in [1.54, 1.807) is 4.90 Å². The molecule has 0 bridgehead atoms. The van der Waals surface area contributed by atoms with Crippen LogP contribution in [-0.4, -0.2) is 53.8 Å². The van der Waals surface area contributed by atoms with E-state index in [0.29, 0.717) is 18.1 Å². The second kappa shape index (κ2) is 8.28. The minimum Gasteiger partial charge on any atom is -0.489 e. The van der Waals surface area contributed by atoms with Gasteiger partial charge in [-0.1, -0.05) is 17.7 Å². The molecule has 25 heavy (non-hydrogen) atoms. The second-order valence-electron chi connectivity index (χ2n) is 7.67. The predicted molar refractivity (Wildman–Crippen MR) is 100 cm³/mol. The number of amides is 1. The molecule has 1 saturated heterocycles. The van der Waals surface area contributed by atoms with Crippen LogP contribution in [0.5, 0.6) is 5.75 Å². The molecule has 0 aromatic heterocycles. The zero-order valence-electron chi connectivity index (χ0n) is 15.8. The van der Waals surface area contributed by atoms with Crippen LogP contribution in [0.1, 0.15) is 40.2 Å². The number of piperazine rings is 1. The van der Waals surface area contributed by atoms with E-state index in [2.05, 4.69) is 4.90 Å². The van der Waals surface area contributed by atoms with Crippen molar-refractivity contribution in [3.8, 4) is 5.75 Å². The number of hydrogen-bond donors (Lipinski definition) is 0. The number of ether oxygens (including phenoxy) is 2. The van der Waals surface area contributed by atoms with E-state index in [4.69, 9.17) is 21.1 Å². The van der Waals surface area contributed by atoms with Crippen LogP contribution >= 0.6 is 11.6 Å². The first-order valence-corrected chi connectivity index (χ1v) is 9.17. The highest BCUT2D eigenvalue weighted by molar-refractivity contribution is 6.32. The lowest BCUT2D eigenvalue weighted by molar-refractivity contribution is 0.0139. The third-order valence-electron chi connectivity index (χ3n) is 3.79. The first-order chi connectivity index (χ1) is 11.6. The first kappa shape index (κ1) is 19.9. The van der Waals surface area contributed by atoms with Crippen LogP contribution in [0.15, 0.2) is 18.2 Å². The molecule has 0 saturated carbocycles. The summed E-state index contributed by atoms with van der Waals surface area (Å²) in [6, 6.07) is 5.91. The summed E-state index contributed by atoms with van der Waals surface area (Å²) in [5.74, 6) is 0.724. The summed E-state index contributed by atoms with van der Waals surface area (Å²) in [7, 11) is 0. The molecule has 1 amide bonds. The van der Waals surface area contributed by atoms with Gasteiger partial charge in [0.1, 0.15) is 11.4 Å². The SMILES string of the molecule is CC(C)Oc1cc(CN2CCN(C(=O)OC(C)(C)C)CC2)ccc1Cl. The van der Waals surface area contributed by atoms with Gasteiger partial charge in [-0.2, -0.15) is 0 Å². The van der Waals surface area contributed by atoms with Gasteiger partial charge in [-0.3, -0.25) is 4.90 Å². The van der Waals surface area contributed by atoms with Gasteiger partial charge in [-0.15, -0.1) is 0 Å². The number of nitrogens with zero attached hydrogens (tertiary/aromatic N) is 2. The van der Waals surface area contributed by atoms with Gasteiger partial charge in [-0.25, -0.2) is 4.79 Å². The van der Waals surface area contributed by atoms with Crippen molar-refractivity contribution in [1.29, 1.82) is 0 Å². The molecule has 140 valence electrons. The first-order valence-electron chi connectivity index (χ1n) is 8.79. The third kappa shape index (κ3) is 6.40. The molecule has 0 atom stereocenters. The summed E-state index contributed by atoms with van der Waals surface area (Å²) in [5, 5.41) is 0.632. The molecular weight excluding hydrogens is 340 g/mol. The van der Waals surface area contributed by atoms with Gasteiger partial charge < -0.3 is 14.4 Å². The van der Waals surface area contributed by atoms with Gasteiger partial charge in [0.05, 0.1) is 11.1 Å². The topological polar surface area (TPSA) is 42.0 Å². The molecule has 2 rings (SSSR count). The lowest BCUT2D eigenvalue weighted by Crippen LogP contribution is -2.49. The quantitative estimate of drug-likeness (QED) is 0.799. The van der Waals surface area contributed by atoms with Crippen LogP contribution in [0.2, 0.25) is 5.02 Å². The van der Waals surface area contributed by atoms with E-state index >= 15 is 0 Å². The standard InChI is InChI=1S/C19H29ClN2O3/c1-14(2)24-17-12-15(6-7-16(17)20)13-21-8-10-22(11-9-21)18(23)25-19(3,4)5/h6-7,12,14H,8-11,13H2,1-5H3. The number of rotatable bonds is 4. The maximum Gasteiger partial charge on any atom is 0.410 e. The Morgan fingerprint density at radius 3 is 2.40 bits per heavy atom. The molecule has 0 N–H and O–H groups in total. The van der Waals surface area contributed by atoms with Gasteiger partial charge in [0.25, 0.3) is 0 Å². The fraction of sp³-hybridized carbons (Fsp3) is 0.632. The monoisotopic (exact) mass is 368 g/mol. The molecule has 0 radical (unpaired) electrons. The molecule has 0 unspecified atom stereocenters. The maximum atomic E-state index is 12.1. The smallest absolute Gasteiger partial charge is 0.410 e. The number of carbonyl (C=O) groups excluding carboxylic acids is 1. The lowest BCUT2D eigenvalue weighted by atomic mass is 10.2. The van der Waals surface area contributed by atoms with E-state index in [1.165, 1.54) is 0 Å². The molecule has 1 aromatic carbocycles. The number of carbonyl (C=O) groups is 1. The van der Waals surface area contributed by atoms with Crippen LogP contribution in [0.4, 0.5) is 4.79 Å². The van der Waals surface area contributed by atoms with Crippen LogP contribution < -0.4 is 4.74 Å². The summed E-state index contributed by atoms with van der Waals surface area (Å²) < 4.78 is 11.2. The van der Waals surface area contributed by atoms with Crippen LogP contribution in [0, 0.1) is 0 Å². The van der Waals surface area contributed by atoms with Crippen molar-refractivity contribution in [3.05, 3.63) is 28.8 Å². The van der Waals surface area contributed by atoms with Crippen molar-refractivity contribution in [2.75, 3.05) is 26.2 Å². The molecule has 6 heteroatoms. The molecule has 1 aliphatic heterocycles. The summed E-state index contributed by atoms with van der Waals surface area (Å²) >= 11 is 6.19. The van der Waals surface area contributed by atoms with Crippen LogP contribution in [0.3, 0.4) is 0 Å². The van der Waals surface area contributed by atoms with E-state index in [-0.39, 0.29) is 12.2 Å². The van der Waals surface area contributed by atoms with Crippen molar-refractivity contribution >= 4 is 17.7 Å². The molecule has 1 aromatic rings. The van der Waals surface area contributed by atoms with Crippen LogP contribution in [-0.2, 0) is 11.3 Å². The average molecular weight is 369 g/mol. The average Bonchev–Trinajstić information content (AvgIpc) is 2.49. The van der Waals surface area contributed by atoms with E-state index < -0.39 is 5.60 Å². The summed E-state index contributed by atoms with van der Waals surface area (Å²) in [6.07, 6.45) is -0.142. The van der Waals surface area contributed by atoms with E-state index in [1.807, 2.05) is 52.8 Å². The minimum atomic E-state index is -0.454. The van der Waals surface area contributed by atoms with Crippen LogP contribution in [0.25, 0.3) is 0 Å². The number of benzene rings is 1. The Balaban J connectivity index is 1.89. The Morgan fingerprint density at radius 1 is 1.20 bits per heavy atom. The van der Waals surface area contributed by atoms with Gasteiger partial charge >= 0.3 is 6.09 Å². The molecule has 1 fully saturated rings. The minimum absolute atomic E-state index is 0.0881. The summed E-state index contributed by atoms with van der Waals surface area (Å²) in [5.41, 5.74) is 0.704. The van der Waals surface area contributed by atoms with Crippen molar-refractivity contribution in [2.45, 2.75) is 52.9 Å².